The first-order chi connectivity index (χ1) is 12.6. The molecular formula is C18H11N3O3S2. The Morgan fingerprint density at radius 1 is 1.08 bits per heavy atom. The molecule has 0 saturated carbocycles. The fourth-order valence-electron chi connectivity index (χ4n) is 2.52. The van der Waals surface area contributed by atoms with Crippen molar-refractivity contribution in [2.24, 2.45) is 0 Å². The van der Waals surface area contributed by atoms with Gasteiger partial charge < -0.3 is 0 Å². The zero-order chi connectivity index (χ0) is 18.1. The van der Waals surface area contributed by atoms with Gasteiger partial charge in [0.15, 0.2) is 5.13 Å². The molecule has 128 valence electrons. The van der Waals surface area contributed by atoms with E-state index in [0.717, 1.165) is 33.4 Å². The van der Waals surface area contributed by atoms with Crippen molar-refractivity contribution in [1.82, 2.24) is 4.98 Å². The Hall–Kier alpha value is -3.10. The van der Waals surface area contributed by atoms with Gasteiger partial charge in [0.2, 0.25) is 0 Å². The van der Waals surface area contributed by atoms with Crippen LogP contribution in [0.4, 0.5) is 10.1 Å². The molecule has 0 saturated heterocycles. The number of hydrogen-bond donors (Lipinski definition) is 1. The minimum Gasteiger partial charge on any atom is -0.297 e. The third-order valence-electron chi connectivity index (χ3n) is 3.77. The minimum absolute atomic E-state index is 0.0638. The van der Waals surface area contributed by atoms with Crippen LogP contribution in [0.15, 0.2) is 60.0 Å². The SMILES string of the molecule is O=C(Nc1nc(-c2ccc3ccccc3c2)cs1)c1ccc([N+](=O)[O-])s1. The summed E-state index contributed by atoms with van der Waals surface area (Å²) in [6, 6.07) is 16.9. The standard InChI is InChI=1S/C18H11N3O3S2/c22-17(15-7-8-16(26-15)21(23)24)20-18-19-14(10-25-18)13-6-5-11-3-1-2-4-12(11)9-13/h1-10H,(H,19,20,22). The van der Waals surface area contributed by atoms with E-state index in [-0.39, 0.29) is 9.88 Å². The van der Waals surface area contributed by atoms with Gasteiger partial charge in [-0.2, -0.15) is 0 Å². The van der Waals surface area contributed by atoms with Crippen molar-refractivity contribution in [3.05, 3.63) is 75.0 Å². The number of nitrogens with one attached hydrogen (secondary N) is 1. The summed E-state index contributed by atoms with van der Waals surface area (Å²) in [5, 5.41) is 17.9. The van der Waals surface area contributed by atoms with Gasteiger partial charge in [0, 0.05) is 17.0 Å². The van der Waals surface area contributed by atoms with Crippen LogP contribution in [-0.4, -0.2) is 15.8 Å². The van der Waals surface area contributed by atoms with E-state index in [1.807, 2.05) is 41.8 Å². The van der Waals surface area contributed by atoms with Gasteiger partial charge >= 0.3 is 5.00 Å². The highest BCUT2D eigenvalue weighted by Crippen LogP contribution is 2.29. The number of thiophene rings is 1. The fraction of sp³-hybridized carbons (Fsp3) is 0. The molecule has 1 N–H and O–H groups in total. The van der Waals surface area contributed by atoms with E-state index in [2.05, 4.69) is 16.4 Å². The number of nitro groups is 1. The summed E-state index contributed by atoms with van der Waals surface area (Å²) in [6.45, 7) is 0. The van der Waals surface area contributed by atoms with Crippen LogP contribution in [-0.2, 0) is 0 Å². The van der Waals surface area contributed by atoms with Crippen molar-refractivity contribution < 1.29 is 9.72 Å². The number of nitrogens with zero attached hydrogens (tertiary/aromatic N) is 2. The van der Waals surface area contributed by atoms with Gasteiger partial charge in [-0.15, -0.1) is 11.3 Å². The Labute approximate surface area is 155 Å². The van der Waals surface area contributed by atoms with Gasteiger partial charge in [-0.1, -0.05) is 47.7 Å². The largest absolute Gasteiger partial charge is 0.324 e. The molecule has 0 unspecified atom stereocenters. The maximum absolute atomic E-state index is 12.2. The van der Waals surface area contributed by atoms with E-state index in [4.69, 9.17) is 0 Å². The van der Waals surface area contributed by atoms with Gasteiger partial charge in [0.25, 0.3) is 5.91 Å². The maximum Gasteiger partial charge on any atom is 0.324 e. The molecule has 8 heteroatoms. The lowest BCUT2D eigenvalue weighted by Crippen LogP contribution is -2.09. The van der Waals surface area contributed by atoms with Crippen LogP contribution in [0.3, 0.4) is 0 Å². The lowest BCUT2D eigenvalue weighted by atomic mass is 10.1. The summed E-state index contributed by atoms with van der Waals surface area (Å²) >= 11 is 2.15. The predicted molar refractivity (Wildman–Crippen MR) is 104 cm³/mol. The number of thiazole rings is 1. The maximum atomic E-state index is 12.2. The molecular weight excluding hydrogens is 370 g/mol. The van der Waals surface area contributed by atoms with E-state index in [1.165, 1.54) is 23.5 Å². The Balaban J connectivity index is 1.55. The molecule has 2 aromatic carbocycles. The van der Waals surface area contributed by atoms with Crippen LogP contribution in [0.25, 0.3) is 22.0 Å². The van der Waals surface area contributed by atoms with Crippen molar-refractivity contribution >= 4 is 49.5 Å². The first kappa shape index (κ1) is 16.4. The topological polar surface area (TPSA) is 85.1 Å². The number of hydrogen-bond acceptors (Lipinski definition) is 6. The molecule has 0 fully saturated rings. The molecule has 4 rings (SSSR count). The molecule has 0 spiro atoms. The second-order valence-electron chi connectivity index (χ2n) is 5.45. The number of carbonyl (C=O) groups excluding carboxylic acids is 1. The number of fused-ring (bicyclic) bond motifs is 1. The number of benzene rings is 2. The highest BCUT2D eigenvalue weighted by Gasteiger charge is 2.16. The van der Waals surface area contributed by atoms with Gasteiger partial charge in [-0.25, -0.2) is 4.98 Å². The second kappa shape index (κ2) is 6.66. The average molecular weight is 381 g/mol. The van der Waals surface area contributed by atoms with E-state index >= 15 is 0 Å². The van der Waals surface area contributed by atoms with Crippen molar-refractivity contribution in [1.29, 1.82) is 0 Å². The summed E-state index contributed by atoms with van der Waals surface area (Å²) in [5.74, 6) is -0.400. The summed E-state index contributed by atoms with van der Waals surface area (Å²) in [6.07, 6.45) is 0. The number of carbonyl (C=O) groups is 1. The van der Waals surface area contributed by atoms with Crippen LogP contribution < -0.4 is 5.32 Å². The van der Waals surface area contributed by atoms with Crippen molar-refractivity contribution in [3.8, 4) is 11.3 Å². The Morgan fingerprint density at radius 2 is 1.88 bits per heavy atom. The number of rotatable bonds is 4. The molecule has 0 bridgehead atoms. The Kier molecular flexibility index (Phi) is 4.19. The molecule has 1 amide bonds. The van der Waals surface area contributed by atoms with Crippen molar-refractivity contribution in [2.45, 2.75) is 0 Å². The molecule has 0 aliphatic rings. The lowest BCUT2D eigenvalue weighted by Gasteiger charge is -2.01. The Morgan fingerprint density at radius 3 is 2.65 bits per heavy atom. The van der Waals surface area contributed by atoms with Crippen molar-refractivity contribution in [3.63, 3.8) is 0 Å². The summed E-state index contributed by atoms with van der Waals surface area (Å²) < 4.78 is 0. The van der Waals surface area contributed by atoms with Gasteiger partial charge in [-0.3, -0.25) is 20.2 Å². The summed E-state index contributed by atoms with van der Waals surface area (Å²) in [5.41, 5.74) is 1.74. The highest BCUT2D eigenvalue weighted by molar-refractivity contribution is 7.17. The van der Waals surface area contributed by atoms with E-state index in [9.17, 15) is 14.9 Å². The van der Waals surface area contributed by atoms with Crippen LogP contribution in [0.1, 0.15) is 9.67 Å². The van der Waals surface area contributed by atoms with Crippen molar-refractivity contribution in [2.75, 3.05) is 5.32 Å². The third-order valence-corrected chi connectivity index (χ3v) is 5.56. The zero-order valence-electron chi connectivity index (χ0n) is 13.2. The van der Waals surface area contributed by atoms with Gasteiger partial charge in [-0.05, 0) is 22.9 Å². The van der Waals surface area contributed by atoms with E-state index in [1.54, 1.807) is 0 Å². The second-order valence-corrected chi connectivity index (χ2v) is 7.37. The molecule has 0 radical (unpaired) electrons. The predicted octanol–water partition coefficient (Wildman–Crippen LogP) is 5.19. The molecule has 2 heterocycles. The molecule has 0 atom stereocenters. The molecule has 26 heavy (non-hydrogen) atoms. The molecule has 0 aliphatic heterocycles. The first-order valence-electron chi connectivity index (χ1n) is 7.60. The summed E-state index contributed by atoms with van der Waals surface area (Å²) in [4.78, 5) is 27.2. The normalized spacial score (nSPS) is 10.8. The smallest absolute Gasteiger partial charge is 0.297 e. The monoisotopic (exact) mass is 381 g/mol. The Bertz CT molecular complexity index is 1130. The quantitative estimate of drug-likeness (QED) is 0.390. The highest BCUT2D eigenvalue weighted by atomic mass is 32.1. The fourth-order valence-corrected chi connectivity index (χ4v) is 3.95. The van der Waals surface area contributed by atoms with Gasteiger partial charge in [0.1, 0.15) is 0 Å². The van der Waals surface area contributed by atoms with Crippen LogP contribution in [0, 0.1) is 10.1 Å². The first-order valence-corrected chi connectivity index (χ1v) is 9.30. The van der Waals surface area contributed by atoms with Crippen LogP contribution in [0.2, 0.25) is 0 Å². The summed E-state index contributed by atoms with van der Waals surface area (Å²) in [7, 11) is 0. The zero-order valence-corrected chi connectivity index (χ0v) is 14.8. The number of amides is 1. The van der Waals surface area contributed by atoms with Crippen LogP contribution in [0.5, 0.6) is 0 Å². The minimum atomic E-state index is -0.511. The average Bonchev–Trinajstić information content (AvgIpc) is 3.31. The van der Waals surface area contributed by atoms with Crippen LogP contribution >= 0.6 is 22.7 Å². The molecule has 6 nitrogen and oxygen atoms in total. The van der Waals surface area contributed by atoms with E-state index in [0.29, 0.717) is 5.13 Å². The number of anilines is 1. The molecule has 0 aliphatic carbocycles. The molecule has 4 aromatic rings. The number of aromatic nitrogens is 1. The molecule has 2 aromatic heterocycles. The third kappa shape index (κ3) is 3.19. The van der Waals surface area contributed by atoms with Gasteiger partial charge in [0.05, 0.1) is 15.5 Å². The lowest BCUT2D eigenvalue weighted by molar-refractivity contribution is -0.380. The van der Waals surface area contributed by atoms with E-state index < -0.39 is 10.8 Å².